The van der Waals surface area contributed by atoms with Gasteiger partial charge in [0, 0.05) is 18.0 Å². The molecule has 0 bridgehead atoms. The summed E-state index contributed by atoms with van der Waals surface area (Å²) in [4.78, 5) is 30.2. The number of methoxy groups -OCH3 is 1. The number of rotatable bonds is 8. The van der Waals surface area contributed by atoms with Gasteiger partial charge < -0.3 is 19.0 Å². The molecule has 0 spiro atoms. The lowest BCUT2D eigenvalue weighted by atomic mass is 9.98. The summed E-state index contributed by atoms with van der Waals surface area (Å²) in [5.74, 6) is 0.595. The second-order valence-corrected chi connectivity index (χ2v) is 8.49. The lowest BCUT2D eigenvalue weighted by molar-refractivity contribution is -0.896. The number of carbonyl (C=O) groups excluding carboxylic acids is 1. The van der Waals surface area contributed by atoms with Crippen molar-refractivity contribution in [3.63, 3.8) is 0 Å². The van der Waals surface area contributed by atoms with Gasteiger partial charge in [0.25, 0.3) is 5.91 Å². The predicted molar refractivity (Wildman–Crippen MR) is 125 cm³/mol. The van der Waals surface area contributed by atoms with Crippen LogP contribution in [-0.2, 0) is 0 Å². The van der Waals surface area contributed by atoms with Crippen LogP contribution in [-0.4, -0.2) is 44.1 Å². The molecule has 3 aromatic rings. The highest BCUT2D eigenvalue weighted by atomic mass is 35.5. The third kappa shape index (κ3) is 4.00. The van der Waals surface area contributed by atoms with Gasteiger partial charge in [-0.15, -0.1) is 0 Å². The molecule has 0 saturated carbocycles. The summed E-state index contributed by atoms with van der Waals surface area (Å²) in [6.45, 7) is 7.91. The number of nitrogens with one attached hydrogen (secondary N) is 1. The van der Waals surface area contributed by atoms with Crippen LogP contribution in [0.4, 0.5) is 0 Å². The minimum absolute atomic E-state index is 0.126. The van der Waals surface area contributed by atoms with E-state index in [0.717, 1.165) is 31.6 Å². The highest BCUT2D eigenvalue weighted by molar-refractivity contribution is 6.31. The lowest BCUT2D eigenvalue weighted by Crippen LogP contribution is -3.11. The van der Waals surface area contributed by atoms with Crippen LogP contribution in [0.5, 0.6) is 5.75 Å². The van der Waals surface area contributed by atoms with Gasteiger partial charge in [0.1, 0.15) is 11.3 Å². The van der Waals surface area contributed by atoms with Crippen molar-refractivity contribution in [1.29, 1.82) is 0 Å². The summed E-state index contributed by atoms with van der Waals surface area (Å²) in [5, 5.41) is 0.839. The summed E-state index contributed by atoms with van der Waals surface area (Å²) >= 11 is 6.14. The van der Waals surface area contributed by atoms with Crippen LogP contribution >= 0.6 is 11.6 Å². The first-order valence-electron chi connectivity index (χ1n) is 11.0. The zero-order chi connectivity index (χ0) is 22.8. The normalized spacial score (nSPS) is 15.6. The first-order chi connectivity index (χ1) is 15.5. The number of halogens is 1. The minimum atomic E-state index is -0.505. The van der Waals surface area contributed by atoms with Crippen LogP contribution in [0.3, 0.4) is 0 Å². The number of quaternary nitrogens is 1. The number of ether oxygens (including phenoxy) is 1. The molecule has 1 aliphatic heterocycles. The molecule has 1 aromatic heterocycles. The fourth-order valence-corrected chi connectivity index (χ4v) is 4.63. The SMILES string of the molecule is CC[NH+](CC)CCCN1C(=O)c2oc3ccc(Cl)cc3c(=O)c2[C@@H]1c1ccc(OC)cc1. The summed E-state index contributed by atoms with van der Waals surface area (Å²) in [5.41, 5.74) is 1.39. The highest BCUT2D eigenvalue weighted by Crippen LogP contribution is 2.38. The van der Waals surface area contributed by atoms with Gasteiger partial charge in [-0.25, -0.2) is 0 Å². The molecule has 6 nitrogen and oxygen atoms in total. The number of hydrogen-bond donors (Lipinski definition) is 1. The Labute approximate surface area is 192 Å². The van der Waals surface area contributed by atoms with Crippen molar-refractivity contribution < 1.29 is 18.8 Å². The molecule has 2 heterocycles. The molecule has 2 aromatic carbocycles. The topological polar surface area (TPSA) is 64.2 Å². The van der Waals surface area contributed by atoms with E-state index in [1.807, 2.05) is 24.3 Å². The van der Waals surface area contributed by atoms with Crippen molar-refractivity contribution in [2.75, 3.05) is 33.3 Å². The number of nitrogens with zero attached hydrogens (tertiary/aromatic N) is 1. The third-order valence-corrected chi connectivity index (χ3v) is 6.52. The van der Waals surface area contributed by atoms with E-state index in [0.29, 0.717) is 33.8 Å². The number of benzene rings is 2. The average Bonchev–Trinajstić information content (AvgIpc) is 3.09. The summed E-state index contributed by atoms with van der Waals surface area (Å²) in [6.07, 6.45) is 0.836. The predicted octanol–water partition coefficient (Wildman–Crippen LogP) is 3.32. The van der Waals surface area contributed by atoms with E-state index in [1.165, 1.54) is 4.90 Å². The molecular formula is C25H28ClN2O4+. The zero-order valence-corrected chi connectivity index (χ0v) is 19.4. The lowest BCUT2D eigenvalue weighted by Gasteiger charge is -2.26. The van der Waals surface area contributed by atoms with E-state index in [1.54, 1.807) is 30.2 Å². The molecule has 4 rings (SSSR count). The van der Waals surface area contributed by atoms with Crippen molar-refractivity contribution in [1.82, 2.24) is 4.90 Å². The first-order valence-corrected chi connectivity index (χ1v) is 11.4. The van der Waals surface area contributed by atoms with E-state index in [9.17, 15) is 9.59 Å². The summed E-state index contributed by atoms with van der Waals surface area (Å²) in [7, 11) is 1.61. The first kappa shape index (κ1) is 22.4. The Hall–Kier alpha value is -2.83. The standard InChI is InChI=1S/C25H27ClN2O4/c1-4-27(5-2)13-6-14-28-22(16-7-10-18(31-3)11-8-16)21-23(29)19-15-17(26)9-12-20(19)32-24(21)25(28)30/h7-12,15,22H,4-6,13-14H2,1-3H3/p+1/t22-/m0/s1. The molecule has 0 fully saturated rings. The Bertz CT molecular complexity index is 1190. The molecule has 1 aliphatic rings. The Morgan fingerprint density at radius 2 is 1.81 bits per heavy atom. The molecule has 32 heavy (non-hydrogen) atoms. The molecule has 0 aliphatic carbocycles. The van der Waals surface area contributed by atoms with Crippen molar-refractivity contribution >= 4 is 28.5 Å². The van der Waals surface area contributed by atoms with E-state index in [4.69, 9.17) is 20.8 Å². The van der Waals surface area contributed by atoms with Crippen molar-refractivity contribution in [2.45, 2.75) is 26.3 Å². The number of amides is 1. The number of fused-ring (bicyclic) bond motifs is 2. The van der Waals surface area contributed by atoms with Gasteiger partial charge in [-0.2, -0.15) is 0 Å². The van der Waals surface area contributed by atoms with Gasteiger partial charge >= 0.3 is 0 Å². The van der Waals surface area contributed by atoms with Crippen molar-refractivity contribution in [2.24, 2.45) is 0 Å². The van der Waals surface area contributed by atoms with Gasteiger partial charge in [0.05, 0.1) is 43.7 Å². The van der Waals surface area contributed by atoms with Gasteiger partial charge in [0.15, 0.2) is 5.43 Å². The third-order valence-electron chi connectivity index (χ3n) is 6.29. The van der Waals surface area contributed by atoms with Crippen LogP contribution in [0.25, 0.3) is 11.0 Å². The van der Waals surface area contributed by atoms with Gasteiger partial charge in [-0.1, -0.05) is 23.7 Å². The maximum atomic E-state index is 13.5. The molecular weight excluding hydrogens is 428 g/mol. The molecule has 1 N–H and O–H groups in total. The van der Waals surface area contributed by atoms with Crippen LogP contribution in [0, 0.1) is 0 Å². The largest absolute Gasteiger partial charge is 0.497 e. The average molecular weight is 456 g/mol. The molecule has 0 radical (unpaired) electrons. The molecule has 7 heteroatoms. The van der Waals surface area contributed by atoms with Crippen molar-refractivity contribution in [3.8, 4) is 5.75 Å². The van der Waals surface area contributed by atoms with Crippen LogP contribution < -0.4 is 15.1 Å². The second-order valence-electron chi connectivity index (χ2n) is 8.05. The van der Waals surface area contributed by atoms with Crippen LogP contribution in [0.2, 0.25) is 5.02 Å². The van der Waals surface area contributed by atoms with Crippen LogP contribution in [0.1, 0.15) is 48.0 Å². The highest BCUT2D eigenvalue weighted by Gasteiger charge is 2.42. The minimum Gasteiger partial charge on any atom is -0.497 e. The second kappa shape index (κ2) is 9.35. The van der Waals surface area contributed by atoms with E-state index in [-0.39, 0.29) is 17.1 Å². The van der Waals surface area contributed by atoms with Gasteiger partial charge in [-0.05, 0) is 49.7 Å². The molecule has 0 saturated heterocycles. The number of hydrogen-bond acceptors (Lipinski definition) is 4. The quantitative estimate of drug-likeness (QED) is 0.566. The Morgan fingerprint density at radius 1 is 1.09 bits per heavy atom. The monoisotopic (exact) mass is 455 g/mol. The smallest absolute Gasteiger partial charge is 0.290 e. The summed E-state index contributed by atoms with van der Waals surface area (Å²) in [6, 6.07) is 11.9. The Kier molecular flexibility index (Phi) is 6.53. The van der Waals surface area contributed by atoms with E-state index in [2.05, 4.69) is 13.8 Å². The van der Waals surface area contributed by atoms with Gasteiger partial charge in [-0.3, -0.25) is 9.59 Å². The van der Waals surface area contributed by atoms with Gasteiger partial charge in [0.2, 0.25) is 5.76 Å². The van der Waals surface area contributed by atoms with Crippen LogP contribution in [0.15, 0.2) is 51.7 Å². The molecule has 1 atom stereocenters. The molecule has 1 amide bonds. The maximum Gasteiger partial charge on any atom is 0.290 e. The fourth-order valence-electron chi connectivity index (χ4n) is 4.46. The number of carbonyl (C=O) groups is 1. The van der Waals surface area contributed by atoms with E-state index >= 15 is 0 Å². The van der Waals surface area contributed by atoms with Crippen molar-refractivity contribution in [3.05, 3.63) is 74.6 Å². The molecule has 168 valence electrons. The fraction of sp³-hybridized carbons (Fsp3) is 0.360. The Morgan fingerprint density at radius 3 is 2.47 bits per heavy atom. The van der Waals surface area contributed by atoms with E-state index < -0.39 is 6.04 Å². The maximum absolute atomic E-state index is 13.5. The Balaban J connectivity index is 1.79. The molecule has 0 unspecified atom stereocenters. The zero-order valence-electron chi connectivity index (χ0n) is 18.6. The summed E-state index contributed by atoms with van der Waals surface area (Å²) < 4.78 is 11.3.